The number of nitrogens with two attached hydrogens (primary N) is 1. The summed E-state index contributed by atoms with van der Waals surface area (Å²) in [5, 5.41) is 2.89. The summed E-state index contributed by atoms with van der Waals surface area (Å²) in [4.78, 5) is 14.6. The highest BCUT2D eigenvalue weighted by Crippen LogP contribution is 2.40. The van der Waals surface area contributed by atoms with Crippen LogP contribution in [0.4, 0.5) is 11.4 Å². The van der Waals surface area contributed by atoms with Gasteiger partial charge in [0.2, 0.25) is 0 Å². The predicted octanol–water partition coefficient (Wildman–Crippen LogP) is 2.25. The summed E-state index contributed by atoms with van der Waals surface area (Å²) in [6.07, 6.45) is 4.03. The zero-order valence-corrected chi connectivity index (χ0v) is 12.1. The van der Waals surface area contributed by atoms with E-state index >= 15 is 0 Å². The van der Waals surface area contributed by atoms with Crippen molar-refractivity contribution in [3.05, 3.63) is 23.8 Å². The summed E-state index contributed by atoms with van der Waals surface area (Å²) < 4.78 is 0. The van der Waals surface area contributed by atoms with Crippen LogP contribution in [0.1, 0.15) is 36.5 Å². The number of nitrogen functional groups attached to an aromatic ring is 1. The molecule has 108 valence electrons. The van der Waals surface area contributed by atoms with Crippen LogP contribution in [-0.2, 0) is 0 Å². The SMILES string of the molecule is CCNC(=O)c1ccc(N)cc1N1CC2CCCC2C1. The second kappa shape index (κ2) is 5.35. The number of benzene rings is 1. The average molecular weight is 273 g/mol. The highest BCUT2D eigenvalue weighted by atomic mass is 16.1. The summed E-state index contributed by atoms with van der Waals surface area (Å²) in [6.45, 7) is 4.73. The van der Waals surface area contributed by atoms with Crippen molar-refractivity contribution in [2.45, 2.75) is 26.2 Å². The number of nitrogens with one attached hydrogen (secondary N) is 1. The third-order valence-corrected chi connectivity index (χ3v) is 4.67. The normalized spacial score (nSPS) is 24.8. The monoisotopic (exact) mass is 273 g/mol. The average Bonchev–Trinajstić information content (AvgIpc) is 2.99. The van der Waals surface area contributed by atoms with Crippen LogP contribution in [0.5, 0.6) is 0 Å². The number of hydrogen-bond donors (Lipinski definition) is 2. The standard InChI is InChI=1S/C16H23N3O/c1-2-18-16(20)14-7-6-13(17)8-15(14)19-9-11-4-3-5-12(11)10-19/h6-8,11-12H,2-5,9-10,17H2,1H3,(H,18,20). The van der Waals surface area contributed by atoms with E-state index in [1.54, 1.807) is 0 Å². The van der Waals surface area contributed by atoms with Gasteiger partial charge in [-0.1, -0.05) is 6.42 Å². The highest BCUT2D eigenvalue weighted by molar-refractivity contribution is 6.00. The van der Waals surface area contributed by atoms with E-state index in [-0.39, 0.29) is 5.91 Å². The first kappa shape index (κ1) is 13.3. The second-order valence-electron chi connectivity index (χ2n) is 5.99. The van der Waals surface area contributed by atoms with Gasteiger partial charge in [-0.2, -0.15) is 0 Å². The maximum Gasteiger partial charge on any atom is 0.253 e. The Morgan fingerprint density at radius 1 is 1.35 bits per heavy atom. The Bertz CT molecular complexity index is 502. The number of nitrogens with zero attached hydrogens (tertiary/aromatic N) is 1. The van der Waals surface area contributed by atoms with Gasteiger partial charge < -0.3 is 16.0 Å². The fourth-order valence-electron chi connectivity index (χ4n) is 3.69. The quantitative estimate of drug-likeness (QED) is 0.831. The topological polar surface area (TPSA) is 58.4 Å². The molecule has 3 N–H and O–H groups in total. The van der Waals surface area contributed by atoms with Gasteiger partial charge in [-0.25, -0.2) is 0 Å². The van der Waals surface area contributed by atoms with Gasteiger partial charge in [-0.3, -0.25) is 4.79 Å². The van der Waals surface area contributed by atoms with E-state index in [9.17, 15) is 4.79 Å². The second-order valence-corrected chi connectivity index (χ2v) is 5.99. The highest BCUT2D eigenvalue weighted by Gasteiger charge is 2.37. The van der Waals surface area contributed by atoms with E-state index < -0.39 is 0 Å². The van der Waals surface area contributed by atoms with Gasteiger partial charge in [-0.05, 0) is 49.8 Å². The van der Waals surface area contributed by atoms with Gasteiger partial charge in [0.15, 0.2) is 0 Å². The number of carbonyl (C=O) groups excluding carboxylic acids is 1. The lowest BCUT2D eigenvalue weighted by Gasteiger charge is -2.23. The summed E-state index contributed by atoms with van der Waals surface area (Å²) in [5.41, 5.74) is 8.41. The Morgan fingerprint density at radius 2 is 2.05 bits per heavy atom. The lowest BCUT2D eigenvalue weighted by Crippen LogP contribution is -2.28. The van der Waals surface area contributed by atoms with E-state index in [4.69, 9.17) is 5.73 Å². The summed E-state index contributed by atoms with van der Waals surface area (Å²) in [5.74, 6) is 1.61. The van der Waals surface area contributed by atoms with E-state index in [0.717, 1.165) is 41.9 Å². The molecule has 20 heavy (non-hydrogen) atoms. The Morgan fingerprint density at radius 3 is 2.70 bits per heavy atom. The number of anilines is 2. The third-order valence-electron chi connectivity index (χ3n) is 4.67. The molecule has 2 unspecified atom stereocenters. The Balaban J connectivity index is 1.88. The first-order valence-electron chi connectivity index (χ1n) is 7.61. The molecule has 3 rings (SSSR count). The van der Waals surface area contributed by atoms with Gasteiger partial charge >= 0.3 is 0 Å². The van der Waals surface area contributed by atoms with Crippen LogP contribution in [0.25, 0.3) is 0 Å². The van der Waals surface area contributed by atoms with Crippen LogP contribution in [0, 0.1) is 11.8 Å². The van der Waals surface area contributed by atoms with Crippen LogP contribution in [-0.4, -0.2) is 25.5 Å². The number of carbonyl (C=O) groups is 1. The Labute approximate surface area is 120 Å². The van der Waals surface area contributed by atoms with Crippen molar-refractivity contribution in [1.82, 2.24) is 5.32 Å². The van der Waals surface area contributed by atoms with Gasteiger partial charge in [0.05, 0.1) is 11.3 Å². The van der Waals surface area contributed by atoms with Crippen molar-refractivity contribution in [3.63, 3.8) is 0 Å². The first-order chi connectivity index (χ1) is 9.69. The van der Waals surface area contributed by atoms with Crippen LogP contribution >= 0.6 is 0 Å². The van der Waals surface area contributed by atoms with Crippen molar-refractivity contribution >= 4 is 17.3 Å². The fourth-order valence-corrected chi connectivity index (χ4v) is 3.69. The molecule has 1 aromatic rings. The largest absolute Gasteiger partial charge is 0.399 e. The molecule has 1 heterocycles. The first-order valence-corrected chi connectivity index (χ1v) is 7.61. The molecule has 2 atom stereocenters. The number of hydrogen-bond acceptors (Lipinski definition) is 3. The fraction of sp³-hybridized carbons (Fsp3) is 0.562. The zero-order chi connectivity index (χ0) is 14.1. The Hall–Kier alpha value is -1.71. The predicted molar refractivity (Wildman–Crippen MR) is 81.9 cm³/mol. The molecular formula is C16H23N3O. The van der Waals surface area contributed by atoms with E-state index in [1.807, 2.05) is 25.1 Å². The number of amides is 1. The molecule has 1 saturated carbocycles. The molecule has 0 spiro atoms. The molecule has 4 nitrogen and oxygen atoms in total. The summed E-state index contributed by atoms with van der Waals surface area (Å²) in [7, 11) is 0. The van der Waals surface area contributed by atoms with Crippen LogP contribution < -0.4 is 16.0 Å². The maximum absolute atomic E-state index is 12.2. The zero-order valence-electron chi connectivity index (χ0n) is 12.1. The van der Waals surface area contributed by atoms with Crippen molar-refractivity contribution in [2.24, 2.45) is 11.8 Å². The van der Waals surface area contributed by atoms with Crippen LogP contribution in [0.2, 0.25) is 0 Å². The van der Waals surface area contributed by atoms with E-state index in [2.05, 4.69) is 10.2 Å². The molecule has 1 aliphatic carbocycles. The van der Waals surface area contributed by atoms with Gasteiger partial charge in [0.25, 0.3) is 5.91 Å². The summed E-state index contributed by atoms with van der Waals surface area (Å²) in [6, 6.07) is 5.61. The van der Waals surface area contributed by atoms with E-state index in [0.29, 0.717) is 6.54 Å². The van der Waals surface area contributed by atoms with Crippen LogP contribution in [0.15, 0.2) is 18.2 Å². The molecule has 1 aromatic carbocycles. The number of fused-ring (bicyclic) bond motifs is 1. The molecule has 0 radical (unpaired) electrons. The summed E-state index contributed by atoms with van der Waals surface area (Å²) >= 11 is 0. The molecule has 0 bridgehead atoms. The maximum atomic E-state index is 12.2. The van der Waals surface area contributed by atoms with Crippen molar-refractivity contribution < 1.29 is 4.79 Å². The Kier molecular flexibility index (Phi) is 3.55. The lowest BCUT2D eigenvalue weighted by atomic mass is 10.0. The van der Waals surface area contributed by atoms with E-state index in [1.165, 1.54) is 19.3 Å². The molecule has 1 amide bonds. The smallest absolute Gasteiger partial charge is 0.253 e. The minimum Gasteiger partial charge on any atom is -0.399 e. The van der Waals surface area contributed by atoms with Gasteiger partial charge in [0.1, 0.15) is 0 Å². The van der Waals surface area contributed by atoms with Crippen molar-refractivity contribution in [2.75, 3.05) is 30.3 Å². The minimum atomic E-state index is -0.000408. The molecule has 2 fully saturated rings. The third kappa shape index (κ3) is 2.35. The molecule has 1 saturated heterocycles. The molecule has 1 aliphatic heterocycles. The molecule has 0 aromatic heterocycles. The molecule has 2 aliphatic rings. The van der Waals surface area contributed by atoms with Crippen molar-refractivity contribution in [1.29, 1.82) is 0 Å². The molecule has 4 heteroatoms. The number of rotatable bonds is 3. The van der Waals surface area contributed by atoms with Crippen LogP contribution in [0.3, 0.4) is 0 Å². The lowest BCUT2D eigenvalue weighted by molar-refractivity contribution is 0.0956. The van der Waals surface area contributed by atoms with Crippen molar-refractivity contribution in [3.8, 4) is 0 Å². The van der Waals surface area contributed by atoms with Gasteiger partial charge in [0, 0.05) is 25.3 Å². The minimum absolute atomic E-state index is 0.000408. The molecular weight excluding hydrogens is 250 g/mol. The van der Waals surface area contributed by atoms with Gasteiger partial charge in [-0.15, -0.1) is 0 Å².